The van der Waals surface area contributed by atoms with E-state index in [2.05, 4.69) is 42.6 Å². The molecule has 126 valence electrons. The van der Waals surface area contributed by atoms with E-state index in [0.717, 1.165) is 21.3 Å². The van der Waals surface area contributed by atoms with Crippen molar-refractivity contribution in [2.24, 2.45) is 0 Å². The highest BCUT2D eigenvalue weighted by Gasteiger charge is 2.09. The van der Waals surface area contributed by atoms with E-state index in [4.69, 9.17) is 0 Å². The fourth-order valence-corrected chi connectivity index (χ4v) is 2.83. The zero-order valence-electron chi connectivity index (χ0n) is 13.9. The molecule has 25 heavy (non-hydrogen) atoms. The van der Waals surface area contributed by atoms with Crippen LogP contribution in [0.25, 0.3) is 0 Å². The molecule has 5 nitrogen and oxygen atoms in total. The molecule has 1 heterocycles. The number of carbonyl (C=O) groups excluding carboxylic acids is 1. The van der Waals surface area contributed by atoms with Crippen LogP contribution in [0.15, 0.2) is 59.3 Å². The topological polar surface area (TPSA) is 66.9 Å². The summed E-state index contributed by atoms with van der Waals surface area (Å²) < 4.78 is 0.817. The lowest BCUT2D eigenvalue weighted by molar-refractivity contribution is 0.102. The standard InChI is InChI=1S/C19H17BrN4O/c1-12-7-13(2)9-15(8-12)23-19-21-10-14(11-22-19)18(25)24-17-6-4-3-5-16(17)20/h3-11H,1-2H3,(H,24,25)(H,21,22,23). The summed E-state index contributed by atoms with van der Waals surface area (Å²) in [5.74, 6) is 0.187. The van der Waals surface area contributed by atoms with Gasteiger partial charge in [-0.1, -0.05) is 18.2 Å². The maximum Gasteiger partial charge on any atom is 0.258 e. The fourth-order valence-electron chi connectivity index (χ4n) is 2.44. The molecule has 0 saturated carbocycles. The number of aromatic nitrogens is 2. The van der Waals surface area contributed by atoms with Gasteiger partial charge in [-0.05, 0) is 65.2 Å². The first kappa shape index (κ1) is 17.1. The van der Waals surface area contributed by atoms with Crippen molar-refractivity contribution in [1.29, 1.82) is 0 Å². The summed E-state index contributed by atoms with van der Waals surface area (Å²) in [4.78, 5) is 20.7. The van der Waals surface area contributed by atoms with Crippen molar-refractivity contribution in [2.75, 3.05) is 10.6 Å². The van der Waals surface area contributed by atoms with Gasteiger partial charge in [-0.15, -0.1) is 0 Å². The third-order valence-corrected chi connectivity index (χ3v) is 4.21. The lowest BCUT2D eigenvalue weighted by Gasteiger charge is -2.09. The number of benzene rings is 2. The predicted octanol–water partition coefficient (Wildman–Crippen LogP) is 4.85. The first-order chi connectivity index (χ1) is 12.0. The molecule has 0 aliphatic carbocycles. The molecular weight excluding hydrogens is 380 g/mol. The Balaban J connectivity index is 1.71. The Labute approximate surface area is 154 Å². The van der Waals surface area contributed by atoms with E-state index in [0.29, 0.717) is 17.2 Å². The number of rotatable bonds is 4. The van der Waals surface area contributed by atoms with Crippen molar-refractivity contribution in [3.8, 4) is 0 Å². The average molecular weight is 397 g/mol. The molecule has 0 spiro atoms. The molecule has 0 bridgehead atoms. The van der Waals surface area contributed by atoms with Gasteiger partial charge in [0, 0.05) is 22.6 Å². The third-order valence-electron chi connectivity index (χ3n) is 3.51. The van der Waals surface area contributed by atoms with Crippen LogP contribution < -0.4 is 10.6 Å². The number of para-hydroxylation sites is 1. The van der Waals surface area contributed by atoms with Crippen molar-refractivity contribution >= 4 is 39.2 Å². The minimum atomic E-state index is -0.259. The van der Waals surface area contributed by atoms with Gasteiger partial charge in [0.05, 0.1) is 11.3 Å². The van der Waals surface area contributed by atoms with Gasteiger partial charge in [0.1, 0.15) is 0 Å². The molecule has 1 aromatic heterocycles. The Hall–Kier alpha value is -2.73. The number of anilines is 3. The van der Waals surface area contributed by atoms with E-state index in [1.165, 1.54) is 12.4 Å². The molecule has 2 N–H and O–H groups in total. The van der Waals surface area contributed by atoms with Crippen LogP contribution in [-0.4, -0.2) is 15.9 Å². The zero-order valence-corrected chi connectivity index (χ0v) is 15.5. The van der Waals surface area contributed by atoms with Crippen molar-refractivity contribution in [3.05, 3.63) is 76.0 Å². The summed E-state index contributed by atoms with van der Waals surface area (Å²) >= 11 is 3.40. The second-order valence-electron chi connectivity index (χ2n) is 5.73. The highest BCUT2D eigenvalue weighted by Crippen LogP contribution is 2.22. The summed E-state index contributed by atoms with van der Waals surface area (Å²) in [6.07, 6.45) is 3.01. The molecule has 0 aliphatic heterocycles. The number of aryl methyl sites for hydroxylation is 2. The Bertz CT molecular complexity index is 889. The number of carbonyl (C=O) groups is 1. The fraction of sp³-hybridized carbons (Fsp3) is 0.105. The van der Waals surface area contributed by atoms with Crippen LogP contribution in [0.3, 0.4) is 0 Å². The van der Waals surface area contributed by atoms with Gasteiger partial charge in [0.15, 0.2) is 0 Å². The van der Waals surface area contributed by atoms with Crippen LogP contribution in [0, 0.1) is 13.8 Å². The van der Waals surface area contributed by atoms with Crippen molar-refractivity contribution < 1.29 is 4.79 Å². The molecule has 0 radical (unpaired) electrons. The van der Waals surface area contributed by atoms with Crippen LogP contribution in [0.2, 0.25) is 0 Å². The quantitative estimate of drug-likeness (QED) is 0.661. The average Bonchev–Trinajstić information content (AvgIpc) is 2.56. The maximum absolute atomic E-state index is 12.3. The Morgan fingerprint density at radius 2 is 1.64 bits per heavy atom. The summed E-state index contributed by atoms with van der Waals surface area (Å²) in [6.45, 7) is 4.07. The number of nitrogens with one attached hydrogen (secondary N) is 2. The summed E-state index contributed by atoms with van der Waals surface area (Å²) in [7, 11) is 0. The Morgan fingerprint density at radius 3 is 2.28 bits per heavy atom. The number of hydrogen-bond donors (Lipinski definition) is 2. The van der Waals surface area contributed by atoms with E-state index in [-0.39, 0.29) is 5.91 Å². The minimum absolute atomic E-state index is 0.259. The van der Waals surface area contributed by atoms with Crippen molar-refractivity contribution in [2.45, 2.75) is 13.8 Å². The Kier molecular flexibility index (Phi) is 5.09. The number of hydrogen-bond acceptors (Lipinski definition) is 4. The monoisotopic (exact) mass is 396 g/mol. The second kappa shape index (κ2) is 7.44. The van der Waals surface area contributed by atoms with E-state index in [1.54, 1.807) is 0 Å². The van der Waals surface area contributed by atoms with Crippen LogP contribution in [0.4, 0.5) is 17.3 Å². The van der Waals surface area contributed by atoms with Crippen LogP contribution in [0.1, 0.15) is 21.5 Å². The molecule has 0 aliphatic rings. The lowest BCUT2D eigenvalue weighted by atomic mass is 10.1. The molecule has 0 saturated heterocycles. The predicted molar refractivity (Wildman–Crippen MR) is 103 cm³/mol. The molecule has 0 unspecified atom stereocenters. The van der Waals surface area contributed by atoms with Gasteiger partial charge in [-0.3, -0.25) is 4.79 Å². The first-order valence-electron chi connectivity index (χ1n) is 7.74. The first-order valence-corrected chi connectivity index (χ1v) is 8.54. The molecule has 1 amide bonds. The van der Waals surface area contributed by atoms with Gasteiger partial charge in [-0.25, -0.2) is 9.97 Å². The molecule has 6 heteroatoms. The SMILES string of the molecule is Cc1cc(C)cc(Nc2ncc(C(=O)Nc3ccccc3Br)cn2)c1. The highest BCUT2D eigenvalue weighted by molar-refractivity contribution is 9.10. The zero-order chi connectivity index (χ0) is 17.8. The maximum atomic E-state index is 12.3. The van der Waals surface area contributed by atoms with E-state index in [1.807, 2.05) is 50.2 Å². The number of halogens is 1. The number of nitrogens with zero attached hydrogens (tertiary/aromatic N) is 2. The molecule has 3 aromatic rings. The largest absolute Gasteiger partial charge is 0.324 e. The summed E-state index contributed by atoms with van der Waals surface area (Å²) in [6, 6.07) is 13.6. The highest BCUT2D eigenvalue weighted by atomic mass is 79.9. The van der Waals surface area contributed by atoms with Crippen molar-refractivity contribution in [3.63, 3.8) is 0 Å². The Morgan fingerprint density at radius 1 is 1.00 bits per heavy atom. The van der Waals surface area contributed by atoms with Crippen LogP contribution in [-0.2, 0) is 0 Å². The molecule has 3 rings (SSSR count). The van der Waals surface area contributed by atoms with Gasteiger partial charge in [0.25, 0.3) is 5.91 Å². The van der Waals surface area contributed by atoms with Gasteiger partial charge < -0.3 is 10.6 Å². The molecule has 2 aromatic carbocycles. The molecular formula is C19H17BrN4O. The number of amides is 1. The normalized spacial score (nSPS) is 10.4. The van der Waals surface area contributed by atoms with E-state index in [9.17, 15) is 4.79 Å². The van der Waals surface area contributed by atoms with Crippen molar-refractivity contribution in [1.82, 2.24) is 9.97 Å². The molecule has 0 atom stereocenters. The van der Waals surface area contributed by atoms with Crippen LogP contribution >= 0.6 is 15.9 Å². The molecule has 0 fully saturated rings. The van der Waals surface area contributed by atoms with Gasteiger partial charge in [0.2, 0.25) is 5.95 Å². The van der Waals surface area contributed by atoms with Gasteiger partial charge in [-0.2, -0.15) is 0 Å². The smallest absolute Gasteiger partial charge is 0.258 e. The van der Waals surface area contributed by atoms with Gasteiger partial charge >= 0.3 is 0 Å². The van der Waals surface area contributed by atoms with E-state index < -0.39 is 0 Å². The minimum Gasteiger partial charge on any atom is -0.324 e. The second-order valence-corrected chi connectivity index (χ2v) is 6.59. The van der Waals surface area contributed by atoms with E-state index >= 15 is 0 Å². The lowest BCUT2D eigenvalue weighted by Crippen LogP contribution is -2.13. The summed E-state index contributed by atoms with van der Waals surface area (Å²) in [5, 5.41) is 5.97. The summed E-state index contributed by atoms with van der Waals surface area (Å²) in [5.41, 5.74) is 4.33. The third kappa shape index (κ3) is 4.42. The van der Waals surface area contributed by atoms with Crippen LogP contribution in [0.5, 0.6) is 0 Å².